The molecule has 4 nitrogen and oxygen atoms in total. The number of hydrogen-bond donors (Lipinski definition) is 2. The third-order valence-electron chi connectivity index (χ3n) is 4.33. The molecule has 2 aromatic carbocycles. The molecule has 0 aromatic heterocycles. The van der Waals surface area contributed by atoms with Gasteiger partial charge in [0, 0.05) is 6.04 Å². The number of nitrogens with two attached hydrogens (primary N) is 1. The van der Waals surface area contributed by atoms with E-state index in [1.807, 2.05) is 6.92 Å². The second-order valence-electron chi connectivity index (χ2n) is 8.08. The van der Waals surface area contributed by atoms with Gasteiger partial charge >= 0.3 is 12.3 Å². The van der Waals surface area contributed by atoms with Crippen molar-refractivity contribution >= 4 is 6.09 Å². The Morgan fingerprint density at radius 2 is 1.62 bits per heavy atom. The van der Waals surface area contributed by atoms with Crippen molar-refractivity contribution < 1.29 is 22.7 Å². The largest absolute Gasteiger partial charge is 0.444 e. The Labute approximate surface area is 169 Å². The molecule has 0 fully saturated rings. The van der Waals surface area contributed by atoms with Gasteiger partial charge in [-0.25, -0.2) is 4.79 Å². The Kier molecular flexibility index (Phi) is 6.63. The number of ether oxygens (including phenoxy) is 1. The van der Waals surface area contributed by atoms with Crippen LogP contribution in [0.1, 0.15) is 63.4 Å². The summed E-state index contributed by atoms with van der Waals surface area (Å²) in [6.45, 7) is 8.74. The molecule has 0 bridgehead atoms. The van der Waals surface area contributed by atoms with Gasteiger partial charge in [0.25, 0.3) is 0 Å². The van der Waals surface area contributed by atoms with Crippen LogP contribution in [0.3, 0.4) is 0 Å². The summed E-state index contributed by atoms with van der Waals surface area (Å²) < 4.78 is 45.1. The Bertz CT molecular complexity index is 854. The lowest BCUT2D eigenvalue weighted by atomic mass is 9.92. The highest BCUT2D eigenvalue weighted by atomic mass is 19.4. The lowest BCUT2D eigenvalue weighted by molar-refractivity contribution is -0.137. The van der Waals surface area contributed by atoms with Crippen LogP contribution in [-0.2, 0) is 10.9 Å². The molecule has 29 heavy (non-hydrogen) atoms. The van der Waals surface area contributed by atoms with E-state index in [0.29, 0.717) is 16.7 Å². The van der Waals surface area contributed by atoms with Gasteiger partial charge in [-0.3, -0.25) is 0 Å². The molecule has 3 N–H and O–H groups in total. The summed E-state index contributed by atoms with van der Waals surface area (Å²) in [6, 6.07) is 9.81. The number of nitrogens with one attached hydrogen (secondary N) is 1. The smallest absolute Gasteiger partial charge is 0.416 e. The van der Waals surface area contributed by atoms with Crippen molar-refractivity contribution in [2.45, 2.75) is 58.5 Å². The molecule has 2 rings (SSSR count). The van der Waals surface area contributed by atoms with Gasteiger partial charge < -0.3 is 15.8 Å². The van der Waals surface area contributed by atoms with Crippen molar-refractivity contribution in [2.24, 2.45) is 5.73 Å². The number of hydrogen-bond acceptors (Lipinski definition) is 3. The average molecular weight is 408 g/mol. The Balaban J connectivity index is 2.44. The van der Waals surface area contributed by atoms with Crippen LogP contribution < -0.4 is 11.1 Å². The van der Waals surface area contributed by atoms with Crippen LogP contribution in [0.4, 0.5) is 18.0 Å². The number of rotatable bonds is 4. The van der Waals surface area contributed by atoms with E-state index in [2.05, 4.69) is 5.32 Å². The maximum absolute atomic E-state index is 13.3. The second-order valence-corrected chi connectivity index (χ2v) is 8.08. The topological polar surface area (TPSA) is 64.3 Å². The van der Waals surface area contributed by atoms with E-state index < -0.39 is 29.5 Å². The molecule has 0 radical (unpaired) electrons. The SMILES string of the molecule is C[C@@H](N)c1ccc(-c2cc(C(F)(F)F)ccc2[C@@H](C)NC(=O)OC(C)(C)C)cc1. The predicted octanol–water partition coefficient (Wildman–Crippen LogP) is 5.98. The van der Waals surface area contributed by atoms with Gasteiger partial charge in [0.2, 0.25) is 0 Å². The zero-order valence-electron chi connectivity index (χ0n) is 17.2. The van der Waals surface area contributed by atoms with E-state index in [0.717, 1.165) is 17.7 Å². The van der Waals surface area contributed by atoms with Crippen molar-refractivity contribution in [2.75, 3.05) is 0 Å². The molecule has 0 aliphatic heterocycles. The highest BCUT2D eigenvalue weighted by Gasteiger charge is 2.31. The molecular formula is C22H27F3N2O2. The fourth-order valence-electron chi connectivity index (χ4n) is 2.89. The minimum Gasteiger partial charge on any atom is -0.444 e. The monoisotopic (exact) mass is 408 g/mol. The molecule has 0 aliphatic rings. The van der Waals surface area contributed by atoms with E-state index in [4.69, 9.17) is 10.5 Å². The summed E-state index contributed by atoms with van der Waals surface area (Å²) in [5, 5.41) is 2.69. The third-order valence-corrected chi connectivity index (χ3v) is 4.33. The van der Waals surface area contributed by atoms with Gasteiger partial charge in [0.1, 0.15) is 5.60 Å². The van der Waals surface area contributed by atoms with Gasteiger partial charge in [0.05, 0.1) is 11.6 Å². The highest BCUT2D eigenvalue weighted by Crippen LogP contribution is 2.36. The molecular weight excluding hydrogens is 381 g/mol. The van der Waals surface area contributed by atoms with Gasteiger partial charge in [-0.2, -0.15) is 13.2 Å². The molecule has 0 unspecified atom stereocenters. The van der Waals surface area contributed by atoms with Crippen molar-refractivity contribution in [1.82, 2.24) is 5.32 Å². The minimum atomic E-state index is -4.47. The Morgan fingerprint density at radius 1 is 1.03 bits per heavy atom. The second kappa shape index (κ2) is 8.45. The summed E-state index contributed by atoms with van der Waals surface area (Å²) in [4.78, 5) is 12.1. The molecule has 0 saturated carbocycles. The summed E-state index contributed by atoms with van der Waals surface area (Å²) >= 11 is 0. The highest BCUT2D eigenvalue weighted by molar-refractivity contribution is 5.72. The maximum Gasteiger partial charge on any atom is 0.416 e. The van der Waals surface area contributed by atoms with Gasteiger partial charge in [0.15, 0.2) is 0 Å². The van der Waals surface area contributed by atoms with Gasteiger partial charge in [-0.15, -0.1) is 0 Å². The average Bonchev–Trinajstić information content (AvgIpc) is 2.58. The molecule has 0 spiro atoms. The van der Waals surface area contributed by atoms with Crippen molar-refractivity contribution in [3.8, 4) is 11.1 Å². The van der Waals surface area contributed by atoms with Crippen LogP contribution >= 0.6 is 0 Å². The quantitative estimate of drug-likeness (QED) is 0.654. The van der Waals surface area contributed by atoms with Crippen molar-refractivity contribution in [3.05, 3.63) is 59.2 Å². The molecule has 7 heteroatoms. The van der Waals surface area contributed by atoms with Crippen LogP contribution in [0.25, 0.3) is 11.1 Å². The normalized spacial score (nSPS) is 14.2. The van der Waals surface area contributed by atoms with Crippen LogP contribution in [0.2, 0.25) is 0 Å². The van der Waals surface area contributed by atoms with E-state index in [1.54, 1.807) is 52.0 Å². The fourth-order valence-corrected chi connectivity index (χ4v) is 2.89. The van der Waals surface area contributed by atoms with Crippen LogP contribution in [0.15, 0.2) is 42.5 Å². The lowest BCUT2D eigenvalue weighted by Gasteiger charge is -2.24. The first-order valence-electron chi connectivity index (χ1n) is 9.34. The van der Waals surface area contributed by atoms with Crippen LogP contribution in [0, 0.1) is 0 Å². The van der Waals surface area contributed by atoms with E-state index in [1.165, 1.54) is 6.07 Å². The van der Waals surface area contributed by atoms with Crippen LogP contribution in [-0.4, -0.2) is 11.7 Å². The molecule has 0 aliphatic carbocycles. The Morgan fingerprint density at radius 3 is 2.10 bits per heavy atom. The predicted molar refractivity (Wildman–Crippen MR) is 107 cm³/mol. The number of carbonyl (C=O) groups excluding carboxylic acids is 1. The van der Waals surface area contributed by atoms with Gasteiger partial charge in [-0.1, -0.05) is 30.3 Å². The van der Waals surface area contributed by atoms with Gasteiger partial charge in [-0.05, 0) is 69.0 Å². The fraction of sp³-hybridized carbons (Fsp3) is 0.409. The molecule has 158 valence electrons. The summed E-state index contributed by atoms with van der Waals surface area (Å²) in [5.41, 5.74) is 6.85. The molecule has 1 amide bonds. The zero-order valence-corrected chi connectivity index (χ0v) is 17.2. The van der Waals surface area contributed by atoms with E-state index >= 15 is 0 Å². The first-order valence-corrected chi connectivity index (χ1v) is 9.34. The standard InChI is InChI=1S/C22H27F3N2O2/c1-13(26)15-6-8-16(9-7-15)19-12-17(22(23,24)25)10-11-18(19)14(2)27-20(28)29-21(3,4)5/h6-14H,26H2,1-5H3,(H,27,28)/t13-,14-/m1/s1. The number of halogens is 3. The maximum atomic E-state index is 13.3. The Hall–Kier alpha value is -2.54. The number of benzene rings is 2. The zero-order chi connectivity index (χ0) is 22.0. The number of carbonyl (C=O) groups is 1. The summed E-state index contributed by atoms with van der Waals surface area (Å²) in [7, 11) is 0. The van der Waals surface area contributed by atoms with Crippen LogP contribution in [0.5, 0.6) is 0 Å². The molecule has 0 saturated heterocycles. The first kappa shape index (κ1) is 22.7. The van der Waals surface area contributed by atoms with Crippen molar-refractivity contribution in [3.63, 3.8) is 0 Å². The third kappa shape index (κ3) is 6.22. The van der Waals surface area contributed by atoms with E-state index in [-0.39, 0.29) is 6.04 Å². The summed E-state index contributed by atoms with van der Waals surface area (Å²) in [6.07, 6.45) is -5.11. The molecule has 0 heterocycles. The first-order chi connectivity index (χ1) is 13.3. The number of alkyl halides is 3. The number of amides is 1. The molecule has 2 aromatic rings. The van der Waals surface area contributed by atoms with E-state index in [9.17, 15) is 18.0 Å². The number of alkyl carbamates (subject to hydrolysis) is 1. The summed E-state index contributed by atoms with van der Waals surface area (Å²) in [5.74, 6) is 0. The lowest BCUT2D eigenvalue weighted by Crippen LogP contribution is -2.34. The molecule has 2 atom stereocenters. The minimum absolute atomic E-state index is 0.183. The van der Waals surface area contributed by atoms with Crippen molar-refractivity contribution in [1.29, 1.82) is 0 Å².